The number of ether oxygens (including phenoxy) is 2. The molecule has 1 fully saturated rings. The van der Waals surface area contributed by atoms with Crippen LogP contribution >= 0.6 is 0 Å². The molecule has 0 bridgehead atoms. The molecule has 1 aliphatic carbocycles. The van der Waals surface area contributed by atoms with Crippen LogP contribution in [0.5, 0.6) is 0 Å². The second-order valence-electron chi connectivity index (χ2n) is 8.13. The number of benzene rings is 2. The van der Waals surface area contributed by atoms with Crippen LogP contribution in [0.25, 0.3) is 11.1 Å². The first-order chi connectivity index (χ1) is 15.9. The van der Waals surface area contributed by atoms with Gasteiger partial charge in [-0.05, 0) is 35.1 Å². The van der Waals surface area contributed by atoms with Crippen molar-refractivity contribution < 1.29 is 34.1 Å². The Morgan fingerprint density at radius 2 is 1.64 bits per heavy atom. The highest BCUT2D eigenvalue weighted by molar-refractivity contribution is 5.82. The number of amides is 2. The van der Waals surface area contributed by atoms with E-state index < -0.39 is 36.7 Å². The lowest BCUT2D eigenvalue weighted by Gasteiger charge is -2.17. The van der Waals surface area contributed by atoms with Gasteiger partial charge in [0.05, 0.1) is 12.6 Å². The fraction of sp³-hybridized carbons (Fsp3) is 0.375. The molecule has 2 aliphatic rings. The van der Waals surface area contributed by atoms with Gasteiger partial charge in [0, 0.05) is 12.5 Å². The number of hydrogen-bond acceptors (Lipinski definition) is 6. The lowest BCUT2D eigenvalue weighted by Crippen LogP contribution is -2.42. The highest BCUT2D eigenvalue weighted by atomic mass is 16.6. The molecule has 0 saturated carbocycles. The first-order valence-corrected chi connectivity index (χ1v) is 10.9. The quantitative estimate of drug-likeness (QED) is 0.476. The summed E-state index contributed by atoms with van der Waals surface area (Å²) in [6.45, 7) is 0.0111. The van der Waals surface area contributed by atoms with Crippen LogP contribution in [0, 0.1) is 0 Å². The number of carboxylic acids is 1. The monoisotopic (exact) mass is 454 g/mol. The van der Waals surface area contributed by atoms with Crippen molar-refractivity contribution in [2.24, 2.45) is 0 Å². The normalized spacial score (nSPS) is 19.9. The third-order valence-electron chi connectivity index (χ3n) is 5.97. The number of carbonyl (C=O) groups is 3. The van der Waals surface area contributed by atoms with E-state index in [-0.39, 0.29) is 25.2 Å². The summed E-state index contributed by atoms with van der Waals surface area (Å²) in [6.07, 6.45) is -2.33. The van der Waals surface area contributed by atoms with Crippen molar-refractivity contribution in [3.8, 4) is 11.1 Å². The maximum atomic E-state index is 12.3. The summed E-state index contributed by atoms with van der Waals surface area (Å²) >= 11 is 0. The Balaban J connectivity index is 1.22. The van der Waals surface area contributed by atoms with Gasteiger partial charge in [-0.25, -0.2) is 9.59 Å². The third kappa shape index (κ3) is 5.15. The van der Waals surface area contributed by atoms with E-state index in [4.69, 9.17) is 14.6 Å². The Kier molecular flexibility index (Phi) is 6.90. The van der Waals surface area contributed by atoms with Crippen LogP contribution in [0.3, 0.4) is 0 Å². The Hall–Kier alpha value is -3.43. The minimum absolute atomic E-state index is 0.0277. The zero-order valence-electron chi connectivity index (χ0n) is 17.9. The second-order valence-corrected chi connectivity index (χ2v) is 8.13. The van der Waals surface area contributed by atoms with E-state index in [1.807, 2.05) is 36.4 Å². The number of aliphatic hydroxyl groups excluding tert-OH is 1. The van der Waals surface area contributed by atoms with E-state index >= 15 is 0 Å². The molecule has 0 spiro atoms. The largest absolute Gasteiger partial charge is 0.479 e. The van der Waals surface area contributed by atoms with Gasteiger partial charge in [0.1, 0.15) is 12.7 Å². The van der Waals surface area contributed by atoms with Crippen LogP contribution in [0.1, 0.15) is 29.9 Å². The summed E-state index contributed by atoms with van der Waals surface area (Å²) in [5.41, 5.74) is 4.57. The number of fused-ring (bicyclic) bond motifs is 3. The van der Waals surface area contributed by atoms with Gasteiger partial charge in [-0.2, -0.15) is 0 Å². The molecular weight excluding hydrogens is 428 g/mol. The van der Waals surface area contributed by atoms with Gasteiger partial charge in [-0.3, -0.25) is 4.79 Å². The number of hydrogen-bond donors (Lipinski definition) is 4. The van der Waals surface area contributed by atoms with Gasteiger partial charge in [0.15, 0.2) is 6.10 Å². The molecule has 9 heteroatoms. The van der Waals surface area contributed by atoms with Crippen LogP contribution < -0.4 is 10.6 Å². The molecule has 1 aliphatic heterocycles. The molecule has 0 aromatic heterocycles. The topological polar surface area (TPSA) is 134 Å². The summed E-state index contributed by atoms with van der Waals surface area (Å²) in [5, 5.41) is 22.9. The molecule has 2 aromatic carbocycles. The summed E-state index contributed by atoms with van der Waals surface area (Å²) in [6, 6.07) is 16.2. The average Bonchev–Trinajstić information content (AvgIpc) is 3.42. The number of aliphatic carboxylic acids is 1. The molecule has 3 unspecified atom stereocenters. The summed E-state index contributed by atoms with van der Waals surface area (Å²) in [7, 11) is 0. The Bertz CT molecular complexity index is 995. The van der Waals surface area contributed by atoms with Crippen molar-refractivity contribution in [1.29, 1.82) is 0 Å². The maximum Gasteiger partial charge on any atom is 0.407 e. The Labute approximate surface area is 190 Å². The highest BCUT2D eigenvalue weighted by Gasteiger charge is 2.32. The number of carboxylic acid groups (broad SMARTS) is 1. The van der Waals surface area contributed by atoms with Crippen LogP contribution in [-0.2, 0) is 19.1 Å². The van der Waals surface area contributed by atoms with Crippen molar-refractivity contribution in [2.45, 2.75) is 37.1 Å². The van der Waals surface area contributed by atoms with Crippen molar-refractivity contribution in [1.82, 2.24) is 10.6 Å². The summed E-state index contributed by atoms with van der Waals surface area (Å²) in [5.74, 6) is -1.92. The molecule has 9 nitrogen and oxygen atoms in total. The zero-order valence-corrected chi connectivity index (χ0v) is 17.9. The van der Waals surface area contributed by atoms with Crippen molar-refractivity contribution in [3.63, 3.8) is 0 Å². The predicted molar refractivity (Wildman–Crippen MR) is 118 cm³/mol. The van der Waals surface area contributed by atoms with E-state index in [9.17, 15) is 19.5 Å². The smallest absolute Gasteiger partial charge is 0.407 e. The Morgan fingerprint density at radius 1 is 1.00 bits per heavy atom. The number of rotatable bonds is 8. The summed E-state index contributed by atoms with van der Waals surface area (Å²) in [4.78, 5) is 34.9. The molecule has 1 heterocycles. The molecular formula is C24H26N2O7. The SMILES string of the molecule is O=C(NCC1CCC(C(=O)NCC(O)C(=O)O)O1)OCC1c2ccccc2-c2ccccc21. The van der Waals surface area contributed by atoms with Gasteiger partial charge in [-0.1, -0.05) is 48.5 Å². The van der Waals surface area contributed by atoms with Crippen LogP contribution in [0.4, 0.5) is 4.79 Å². The van der Waals surface area contributed by atoms with Crippen LogP contribution in [0.2, 0.25) is 0 Å². The molecule has 2 amide bonds. The maximum absolute atomic E-state index is 12.3. The van der Waals surface area contributed by atoms with E-state index in [0.29, 0.717) is 12.8 Å². The second kappa shape index (κ2) is 10.0. The average molecular weight is 454 g/mol. The van der Waals surface area contributed by atoms with Gasteiger partial charge in [0.25, 0.3) is 0 Å². The predicted octanol–water partition coefficient (Wildman–Crippen LogP) is 1.63. The van der Waals surface area contributed by atoms with E-state index in [2.05, 4.69) is 22.8 Å². The van der Waals surface area contributed by atoms with Gasteiger partial charge >= 0.3 is 12.1 Å². The van der Waals surface area contributed by atoms with Crippen molar-refractivity contribution >= 4 is 18.0 Å². The van der Waals surface area contributed by atoms with Crippen LogP contribution in [-0.4, -0.2) is 66.2 Å². The molecule has 3 atom stereocenters. The first kappa shape index (κ1) is 22.8. The van der Waals surface area contributed by atoms with E-state index in [0.717, 1.165) is 22.3 Å². The molecule has 33 heavy (non-hydrogen) atoms. The molecule has 0 radical (unpaired) electrons. The minimum Gasteiger partial charge on any atom is -0.479 e. The van der Waals surface area contributed by atoms with Gasteiger partial charge < -0.3 is 30.3 Å². The standard InChI is InChI=1S/C24H26N2O7/c27-20(23(29)30)12-25-22(28)21-10-9-14(33-21)11-26-24(31)32-13-19-17-7-3-1-5-15(17)16-6-2-4-8-18(16)19/h1-8,14,19-21,27H,9-13H2,(H,25,28)(H,26,31)(H,29,30). The Morgan fingerprint density at radius 3 is 2.27 bits per heavy atom. The summed E-state index contributed by atoms with van der Waals surface area (Å²) < 4.78 is 11.1. The number of alkyl carbamates (subject to hydrolysis) is 1. The number of aliphatic hydroxyl groups is 1. The van der Waals surface area contributed by atoms with Gasteiger partial charge in [-0.15, -0.1) is 0 Å². The lowest BCUT2D eigenvalue weighted by atomic mass is 9.98. The molecule has 174 valence electrons. The van der Waals surface area contributed by atoms with Crippen LogP contribution in [0.15, 0.2) is 48.5 Å². The third-order valence-corrected chi connectivity index (χ3v) is 5.97. The zero-order chi connectivity index (χ0) is 23.4. The first-order valence-electron chi connectivity index (χ1n) is 10.9. The lowest BCUT2D eigenvalue weighted by molar-refractivity contribution is -0.146. The molecule has 2 aromatic rings. The fourth-order valence-electron chi connectivity index (χ4n) is 4.29. The fourth-order valence-corrected chi connectivity index (χ4v) is 4.29. The molecule has 4 N–H and O–H groups in total. The van der Waals surface area contributed by atoms with Crippen molar-refractivity contribution in [3.05, 3.63) is 59.7 Å². The number of nitrogens with one attached hydrogen (secondary N) is 2. The van der Waals surface area contributed by atoms with E-state index in [1.165, 1.54) is 0 Å². The minimum atomic E-state index is -1.67. The molecule has 4 rings (SSSR count). The van der Waals surface area contributed by atoms with E-state index in [1.54, 1.807) is 0 Å². The number of carbonyl (C=O) groups excluding carboxylic acids is 2. The molecule has 1 saturated heterocycles. The van der Waals surface area contributed by atoms with Crippen molar-refractivity contribution in [2.75, 3.05) is 19.7 Å². The van der Waals surface area contributed by atoms with Gasteiger partial charge in [0.2, 0.25) is 5.91 Å². The highest BCUT2D eigenvalue weighted by Crippen LogP contribution is 2.44.